The van der Waals surface area contributed by atoms with Crippen LogP contribution in [0.4, 0.5) is 0 Å². The van der Waals surface area contributed by atoms with Crippen LogP contribution in [-0.2, 0) is 23.7 Å². The number of unbranched alkanes of at least 4 members (excludes halogenated alkanes) is 41. The maximum absolute atomic E-state index is 13.4. The Morgan fingerprint density at radius 3 is 1.05 bits per heavy atom. The molecular weight excluding hydrogens is 1270 g/mol. The number of carbonyl (C=O) groups excluding carboxylic acids is 1. The van der Waals surface area contributed by atoms with Gasteiger partial charge in [-0.3, -0.25) is 4.79 Å². The van der Waals surface area contributed by atoms with Crippen LogP contribution in [0.1, 0.15) is 354 Å². The fourth-order valence-corrected chi connectivity index (χ4v) is 13.5. The molecule has 14 heteroatoms. The molecule has 2 rings (SSSR count). The summed E-state index contributed by atoms with van der Waals surface area (Å²) in [5, 5.41) is 88.0. The molecule has 2 fully saturated rings. The molecule has 12 unspecified atom stereocenters. The third-order valence-electron chi connectivity index (χ3n) is 20.1. The summed E-state index contributed by atoms with van der Waals surface area (Å²) in [5.74, 6) is -0.207. The standard InChI is InChI=1S/C87H155NO13/c1-3-5-7-9-11-13-15-17-19-21-23-25-27-29-31-33-35-36-37-38-39-40-41-43-45-47-49-51-53-55-57-59-61-63-65-67-69-71-79(92)88-75(74-98-86-84(97)82(95)85(78(73-90)100-86)101-87-83(96)81(94)80(93)77(72-89)99-87)76(91)70-68-66-64-62-60-58-56-54-52-50-48-46-44-42-34-32-30-28-26-24-22-20-18-16-14-12-10-8-6-4-2/h5,7,11,13,17,19,23,25,29,31,35-36,38-39,41,43,75-78,80-87,89-91,93-97H,3-4,6,8-10,12,14-16,18,20-22,24,26-28,30,32-34,37,40,42,44-74H2,1-2H3,(H,88,92)/b7-5-,13-11-,19-17-,25-23-,31-29-,36-35-,39-38-,43-41-. The maximum atomic E-state index is 13.4. The van der Waals surface area contributed by atoms with E-state index in [-0.39, 0.29) is 12.5 Å². The van der Waals surface area contributed by atoms with Crippen molar-refractivity contribution in [2.75, 3.05) is 19.8 Å². The Hall–Kier alpha value is -3.09. The fraction of sp³-hybridized carbons (Fsp3) is 0.805. The lowest BCUT2D eigenvalue weighted by Gasteiger charge is -2.46. The van der Waals surface area contributed by atoms with Gasteiger partial charge in [0.15, 0.2) is 12.6 Å². The third-order valence-corrected chi connectivity index (χ3v) is 20.1. The van der Waals surface area contributed by atoms with Crippen molar-refractivity contribution < 1.29 is 64.6 Å². The molecule has 1 amide bonds. The SMILES string of the molecule is CC/C=C\C/C=C\C/C=C\C/C=C\C/C=C\C/C=C\C/C=C\C/C=C\CCCCCCCCCCCCCCC(=O)NC(COC1OC(CO)C(OC2OC(CO)C(O)C(O)C2O)C(O)C1O)C(O)CCCCCCCCCCCCCCCCCCCCCCCCCCCCCCCC. The third kappa shape index (κ3) is 52.5. The molecule has 2 heterocycles. The zero-order valence-electron chi connectivity index (χ0n) is 64.4. The lowest BCUT2D eigenvalue weighted by molar-refractivity contribution is -0.359. The predicted molar refractivity (Wildman–Crippen MR) is 419 cm³/mol. The van der Waals surface area contributed by atoms with E-state index in [1.54, 1.807) is 0 Å². The average molecular weight is 1420 g/mol. The van der Waals surface area contributed by atoms with E-state index in [1.165, 1.54) is 218 Å². The Morgan fingerprint density at radius 1 is 0.366 bits per heavy atom. The Bertz CT molecular complexity index is 2070. The first kappa shape index (κ1) is 94.0. The number of carbonyl (C=O) groups is 1. The van der Waals surface area contributed by atoms with Gasteiger partial charge in [-0.2, -0.15) is 0 Å². The normalized spacial score (nSPS) is 22.2. The zero-order valence-corrected chi connectivity index (χ0v) is 64.4. The molecule has 0 spiro atoms. The van der Waals surface area contributed by atoms with Crippen molar-refractivity contribution in [2.45, 2.75) is 428 Å². The van der Waals surface area contributed by atoms with E-state index >= 15 is 0 Å². The fourth-order valence-electron chi connectivity index (χ4n) is 13.5. The Morgan fingerprint density at radius 2 is 0.683 bits per heavy atom. The van der Waals surface area contributed by atoms with Gasteiger partial charge in [0.05, 0.1) is 32.0 Å². The molecule has 0 radical (unpaired) electrons. The molecule has 0 saturated carbocycles. The molecule has 0 aromatic heterocycles. The van der Waals surface area contributed by atoms with E-state index in [0.29, 0.717) is 12.8 Å². The summed E-state index contributed by atoms with van der Waals surface area (Å²) >= 11 is 0. The van der Waals surface area contributed by atoms with Crippen LogP contribution in [0.25, 0.3) is 0 Å². The van der Waals surface area contributed by atoms with Crippen LogP contribution in [0.5, 0.6) is 0 Å². The number of rotatable bonds is 70. The van der Waals surface area contributed by atoms with Crippen molar-refractivity contribution in [3.63, 3.8) is 0 Å². The molecule has 2 saturated heterocycles. The highest BCUT2D eigenvalue weighted by atomic mass is 16.7. The van der Waals surface area contributed by atoms with E-state index in [9.17, 15) is 45.6 Å². The van der Waals surface area contributed by atoms with Crippen LogP contribution in [-0.4, -0.2) is 140 Å². The predicted octanol–water partition coefficient (Wildman–Crippen LogP) is 19.6. The quantitative estimate of drug-likeness (QED) is 0.0204. The maximum Gasteiger partial charge on any atom is 0.220 e. The van der Waals surface area contributed by atoms with Crippen LogP contribution in [0.15, 0.2) is 97.2 Å². The summed E-state index contributed by atoms with van der Waals surface area (Å²) in [4.78, 5) is 13.4. The number of hydrogen-bond donors (Lipinski definition) is 9. The van der Waals surface area contributed by atoms with Gasteiger partial charge in [-0.05, 0) is 77.0 Å². The van der Waals surface area contributed by atoms with Gasteiger partial charge in [0, 0.05) is 6.42 Å². The number of allylic oxidation sites excluding steroid dienone is 16. The lowest BCUT2D eigenvalue weighted by Crippen LogP contribution is -2.65. The van der Waals surface area contributed by atoms with E-state index in [0.717, 1.165) is 109 Å². The molecule has 12 atom stereocenters. The molecular formula is C87H155NO13. The van der Waals surface area contributed by atoms with Crippen LogP contribution < -0.4 is 5.32 Å². The smallest absolute Gasteiger partial charge is 0.220 e. The molecule has 0 bridgehead atoms. The number of ether oxygens (including phenoxy) is 4. The summed E-state index contributed by atoms with van der Waals surface area (Å²) in [6.07, 6.45) is 83.0. The van der Waals surface area contributed by atoms with Gasteiger partial charge >= 0.3 is 0 Å². The number of amides is 1. The Balaban J connectivity index is 1.60. The lowest BCUT2D eigenvalue weighted by atomic mass is 9.97. The highest BCUT2D eigenvalue weighted by Crippen LogP contribution is 2.30. The average Bonchev–Trinajstić information content (AvgIpc) is 0.792. The van der Waals surface area contributed by atoms with Gasteiger partial charge in [0.25, 0.3) is 0 Å². The van der Waals surface area contributed by atoms with Crippen molar-refractivity contribution in [1.29, 1.82) is 0 Å². The van der Waals surface area contributed by atoms with Crippen molar-refractivity contribution >= 4 is 5.91 Å². The number of aliphatic hydroxyl groups excluding tert-OH is 8. The first-order valence-corrected chi connectivity index (χ1v) is 42.0. The first-order valence-electron chi connectivity index (χ1n) is 42.0. The first-order chi connectivity index (χ1) is 49.6. The summed E-state index contributed by atoms with van der Waals surface area (Å²) in [6, 6.07) is -0.838. The number of hydrogen-bond acceptors (Lipinski definition) is 13. The summed E-state index contributed by atoms with van der Waals surface area (Å²) < 4.78 is 23.0. The van der Waals surface area contributed by atoms with Crippen LogP contribution >= 0.6 is 0 Å². The highest BCUT2D eigenvalue weighted by molar-refractivity contribution is 5.76. The van der Waals surface area contributed by atoms with Gasteiger partial charge in [-0.25, -0.2) is 0 Å². The minimum Gasteiger partial charge on any atom is -0.394 e. The molecule has 0 aliphatic carbocycles. The largest absolute Gasteiger partial charge is 0.394 e. The molecule has 9 N–H and O–H groups in total. The van der Waals surface area contributed by atoms with Crippen molar-refractivity contribution in [3.8, 4) is 0 Å². The second kappa shape index (κ2) is 69.9. The van der Waals surface area contributed by atoms with Crippen molar-refractivity contribution in [3.05, 3.63) is 97.2 Å². The van der Waals surface area contributed by atoms with E-state index in [2.05, 4.69) is 116 Å². The summed E-state index contributed by atoms with van der Waals surface area (Å²) in [7, 11) is 0. The van der Waals surface area contributed by atoms with E-state index in [4.69, 9.17) is 18.9 Å². The molecule has 0 aromatic rings. The summed E-state index contributed by atoms with van der Waals surface area (Å²) in [6.45, 7) is 2.79. The topological polar surface area (TPSA) is 228 Å². The molecule has 14 nitrogen and oxygen atoms in total. The minimum atomic E-state index is -1.79. The van der Waals surface area contributed by atoms with E-state index in [1.807, 2.05) is 0 Å². The van der Waals surface area contributed by atoms with Crippen molar-refractivity contribution in [1.82, 2.24) is 5.32 Å². The Kier molecular flexibility index (Phi) is 65.1. The second-order valence-corrected chi connectivity index (χ2v) is 29.2. The summed E-state index contributed by atoms with van der Waals surface area (Å²) in [5.41, 5.74) is 0. The molecule has 101 heavy (non-hydrogen) atoms. The zero-order chi connectivity index (χ0) is 73.0. The van der Waals surface area contributed by atoms with Crippen LogP contribution in [0, 0.1) is 0 Å². The Labute approximate surface area is 617 Å². The number of aliphatic hydroxyl groups is 8. The van der Waals surface area contributed by atoms with Gasteiger partial charge in [0.2, 0.25) is 5.91 Å². The van der Waals surface area contributed by atoms with Gasteiger partial charge in [0.1, 0.15) is 48.8 Å². The monoisotopic (exact) mass is 1420 g/mol. The highest BCUT2D eigenvalue weighted by Gasteiger charge is 2.51. The van der Waals surface area contributed by atoms with Gasteiger partial charge in [-0.15, -0.1) is 0 Å². The molecule has 0 aromatic carbocycles. The van der Waals surface area contributed by atoms with Gasteiger partial charge < -0.3 is 65.1 Å². The minimum absolute atomic E-state index is 0.207. The second-order valence-electron chi connectivity index (χ2n) is 29.2. The molecule has 2 aliphatic heterocycles. The van der Waals surface area contributed by atoms with Crippen molar-refractivity contribution in [2.24, 2.45) is 0 Å². The van der Waals surface area contributed by atoms with Gasteiger partial charge in [-0.1, -0.05) is 368 Å². The van der Waals surface area contributed by atoms with E-state index < -0.39 is 86.8 Å². The molecule has 2 aliphatic rings. The van der Waals surface area contributed by atoms with Crippen LogP contribution in [0.3, 0.4) is 0 Å². The number of nitrogens with one attached hydrogen (secondary N) is 1. The molecule has 586 valence electrons. The van der Waals surface area contributed by atoms with Crippen LogP contribution in [0.2, 0.25) is 0 Å².